The minimum absolute atomic E-state index is 0.563. The van der Waals surface area contributed by atoms with Crippen LogP contribution in [0.15, 0.2) is 6.07 Å². The van der Waals surface area contributed by atoms with Crippen molar-refractivity contribution < 1.29 is 0 Å². The molecule has 5 heteroatoms. The SMILES string of the molecule is CNCC1CCCN1c1cc(NC2CC2)nc(C)n1. The molecule has 0 radical (unpaired) electrons. The van der Waals surface area contributed by atoms with Crippen molar-refractivity contribution in [3.63, 3.8) is 0 Å². The lowest BCUT2D eigenvalue weighted by Gasteiger charge is -2.26. The van der Waals surface area contributed by atoms with Crippen LogP contribution in [0.25, 0.3) is 0 Å². The molecular formula is C14H23N5. The van der Waals surface area contributed by atoms with Gasteiger partial charge in [-0.1, -0.05) is 0 Å². The van der Waals surface area contributed by atoms with Gasteiger partial charge in [-0.15, -0.1) is 0 Å². The predicted molar refractivity (Wildman–Crippen MR) is 77.7 cm³/mol. The van der Waals surface area contributed by atoms with Crippen molar-refractivity contribution in [2.75, 3.05) is 30.4 Å². The van der Waals surface area contributed by atoms with Gasteiger partial charge in [-0.2, -0.15) is 0 Å². The normalized spacial score (nSPS) is 22.8. The molecule has 19 heavy (non-hydrogen) atoms. The summed E-state index contributed by atoms with van der Waals surface area (Å²) in [5.74, 6) is 2.92. The zero-order valence-electron chi connectivity index (χ0n) is 11.8. The lowest BCUT2D eigenvalue weighted by molar-refractivity contribution is 0.611. The number of nitrogens with one attached hydrogen (secondary N) is 2. The Balaban J connectivity index is 1.80. The highest BCUT2D eigenvalue weighted by molar-refractivity contribution is 5.51. The molecule has 1 saturated heterocycles. The van der Waals surface area contributed by atoms with Crippen molar-refractivity contribution in [2.24, 2.45) is 0 Å². The Bertz CT molecular complexity index is 443. The first-order chi connectivity index (χ1) is 9.26. The summed E-state index contributed by atoms with van der Waals surface area (Å²) in [5.41, 5.74) is 0. The van der Waals surface area contributed by atoms with Crippen molar-refractivity contribution in [3.8, 4) is 0 Å². The van der Waals surface area contributed by atoms with Gasteiger partial charge in [0.15, 0.2) is 0 Å². The monoisotopic (exact) mass is 261 g/mol. The van der Waals surface area contributed by atoms with E-state index in [0.29, 0.717) is 12.1 Å². The molecule has 1 aliphatic carbocycles. The first-order valence-corrected chi connectivity index (χ1v) is 7.30. The molecule has 2 aliphatic rings. The summed E-state index contributed by atoms with van der Waals surface area (Å²) in [6.07, 6.45) is 5.03. The number of aryl methyl sites for hydroxylation is 1. The van der Waals surface area contributed by atoms with Crippen molar-refractivity contribution in [2.45, 2.75) is 44.7 Å². The maximum Gasteiger partial charge on any atom is 0.134 e. The minimum Gasteiger partial charge on any atom is -0.367 e. The minimum atomic E-state index is 0.563. The molecule has 0 aromatic carbocycles. The lowest BCUT2D eigenvalue weighted by atomic mass is 10.2. The Labute approximate surface area is 114 Å². The highest BCUT2D eigenvalue weighted by Gasteiger charge is 2.26. The van der Waals surface area contributed by atoms with E-state index in [1.807, 2.05) is 14.0 Å². The molecule has 2 N–H and O–H groups in total. The van der Waals surface area contributed by atoms with Crippen molar-refractivity contribution in [1.82, 2.24) is 15.3 Å². The number of anilines is 2. The van der Waals surface area contributed by atoms with E-state index < -0.39 is 0 Å². The van der Waals surface area contributed by atoms with Gasteiger partial charge in [0, 0.05) is 31.2 Å². The number of rotatable bonds is 5. The number of likely N-dealkylation sites (N-methyl/N-ethyl adjacent to an activating group) is 1. The van der Waals surface area contributed by atoms with Crippen molar-refractivity contribution in [3.05, 3.63) is 11.9 Å². The fourth-order valence-corrected chi connectivity index (χ4v) is 2.79. The van der Waals surface area contributed by atoms with Gasteiger partial charge in [-0.05, 0) is 39.7 Å². The van der Waals surface area contributed by atoms with Gasteiger partial charge in [0.05, 0.1) is 0 Å². The van der Waals surface area contributed by atoms with Gasteiger partial charge < -0.3 is 15.5 Å². The molecule has 5 nitrogen and oxygen atoms in total. The zero-order valence-corrected chi connectivity index (χ0v) is 11.8. The number of aromatic nitrogens is 2. The first kappa shape index (κ1) is 12.7. The van der Waals surface area contributed by atoms with E-state index in [9.17, 15) is 0 Å². The van der Waals surface area contributed by atoms with Crippen LogP contribution in [0.2, 0.25) is 0 Å². The highest BCUT2D eigenvalue weighted by Crippen LogP contribution is 2.28. The Morgan fingerprint density at radius 3 is 2.89 bits per heavy atom. The second kappa shape index (κ2) is 5.33. The molecular weight excluding hydrogens is 238 g/mol. The number of hydrogen-bond donors (Lipinski definition) is 2. The number of hydrogen-bond acceptors (Lipinski definition) is 5. The topological polar surface area (TPSA) is 53.1 Å². The summed E-state index contributed by atoms with van der Waals surface area (Å²) in [7, 11) is 2.02. The third-order valence-corrected chi connectivity index (χ3v) is 3.86. The molecule has 0 spiro atoms. The predicted octanol–water partition coefficient (Wildman–Crippen LogP) is 1.55. The molecule has 0 amide bonds. The Hall–Kier alpha value is -1.36. The summed E-state index contributed by atoms with van der Waals surface area (Å²) in [6.45, 7) is 4.10. The standard InChI is InChI=1S/C14H23N5/c1-10-16-13(18-11-5-6-11)8-14(17-10)19-7-3-4-12(19)9-15-2/h8,11-12,15H,3-7,9H2,1-2H3,(H,16,17,18). The fourth-order valence-electron chi connectivity index (χ4n) is 2.79. The van der Waals surface area contributed by atoms with Crippen LogP contribution in [-0.4, -0.2) is 42.2 Å². The molecule has 1 unspecified atom stereocenters. The molecule has 3 rings (SSSR count). The van der Waals surface area contributed by atoms with Crippen LogP contribution >= 0.6 is 0 Å². The van der Waals surface area contributed by atoms with Gasteiger partial charge in [-0.25, -0.2) is 9.97 Å². The van der Waals surface area contributed by atoms with Gasteiger partial charge >= 0.3 is 0 Å². The molecule has 1 atom stereocenters. The van der Waals surface area contributed by atoms with E-state index in [-0.39, 0.29) is 0 Å². The van der Waals surface area contributed by atoms with E-state index in [4.69, 9.17) is 0 Å². The highest BCUT2D eigenvalue weighted by atomic mass is 15.3. The van der Waals surface area contributed by atoms with E-state index in [1.165, 1.54) is 25.7 Å². The third kappa shape index (κ3) is 2.97. The van der Waals surface area contributed by atoms with Crippen molar-refractivity contribution >= 4 is 11.6 Å². The summed E-state index contributed by atoms with van der Waals surface area (Å²) >= 11 is 0. The molecule has 1 saturated carbocycles. The molecule has 2 fully saturated rings. The Morgan fingerprint density at radius 1 is 1.32 bits per heavy atom. The van der Waals surface area contributed by atoms with Crippen LogP contribution in [0.4, 0.5) is 11.6 Å². The van der Waals surface area contributed by atoms with Crippen LogP contribution in [-0.2, 0) is 0 Å². The van der Waals surface area contributed by atoms with Gasteiger partial charge in [0.25, 0.3) is 0 Å². The molecule has 104 valence electrons. The Morgan fingerprint density at radius 2 is 2.16 bits per heavy atom. The summed E-state index contributed by atoms with van der Waals surface area (Å²) in [5, 5.41) is 6.75. The van der Waals surface area contributed by atoms with Crippen molar-refractivity contribution in [1.29, 1.82) is 0 Å². The second-order valence-corrected chi connectivity index (χ2v) is 5.62. The third-order valence-electron chi connectivity index (χ3n) is 3.86. The van der Waals surface area contributed by atoms with E-state index in [2.05, 4.69) is 31.6 Å². The smallest absolute Gasteiger partial charge is 0.134 e. The average Bonchev–Trinajstić information content (AvgIpc) is 3.05. The van der Waals surface area contributed by atoms with E-state index >= 15 is 0 Å². The van der Waals surface area contributed by atoms with Crippen LogP contribution in [0.3, 0.4) is 0 Å². The second-order valence-electron chi connectivity index (χ2n) is 5.62. The molecule has 0 bridgehead atoms. The van der Waals surface area contributed by atoms with Crippen LogP contribution < -0.4 is 15.5 Å². The van der Waals surface area contributed by atoms with Crippen LogP contribution in [0.1, 0.15) is 31.5 Å². The fraction of sp³-hybridized carbons (Fsp3) is 0.714. The molecule has 1 aromatic rings. The maximum absolute atomic E-state index is 4.62. The molecule has 1 aromatic heterocycles. The average molecular weight is 261 g/mol. The van der Waals surface area contributed by atoms with Crippen LogP contribution in [0.5, 0.6) is 0 Å². The Kier molecular flexibility index (Phi) is 3.55. The van der Waals surface area contributed by atoms with Gasteiger partial charge in [-0.3, -0.25) is 0 Å². The van der Waals surface area contributed by atoms with Crippen LogP contribution in [0, 0.1) is 6.92 Å². The lowest BCUT2D eigenvalue weighted by Crippen LogP contribution is -2.37. The molecule has 1 aliphatic heterocycles. The van der Waals surface area contributed by atoms with E-state index in [1.54, 1.807) is 0 Å². The number of nitrogens with zero attached hydrogens (tertiary/aromatic N) is 3. The summed E-state index contributed by atoms with van der Waals surface area (Å²) in [6, 6.07) is 3.31. The maximum atomic E-state index is 4.62. The van der Waals surface area contributed by atoms with Gasteiger partial charge in [0.1, 0.15) is 17.5 Å². The summed E-state index contributed by atoms with van der Waals surface area (Å²) < 4.78 is 0. The van der Waals surface area contributed by atoms with Gasteiger partial charge in [0.2, 0.25) is 0 Å². The quantitative estimate of drug-likeness (QED) is 0.842. The largest absolute Gasteiger partial charge is 0.367 e. The zero-order chi connectivity index (χ0) is 13.2. The molecule has 2 heterocycles. The summed E-state index contributed by atoms with van der Waals surface area (Å²) in [4.78, 5) is 11.5. The first-order valence-electron chi connectivity index (χ1n) is 7.30. The van der Waals surface area contributed by atoms with E-state index in [0.717, 1.165) is 30.5 Å².